The zero-order chi connectivity index (χ0) is 14.8. The van der Waals surface area contributed by atoms with Gasteiger partial charge in [-0.1, -0.05) is 11.3 Å². The second kappa shape index (κ2) is 4.32. The number of aryl methyl sites for hydroxylation is 1. The van der Waals surface area contributed by atoms with E-state index in [4.69, 9.17) is 4.98 Å². The maximum atomic E-state index is 4.92. The van der Waals surface area contributed by atoms with Crippen LogP contribution in [0.4, 0.5) is 5.13 Å². The molecule has 1 aliphatic heterocycles. The Morgan fingerprint density at radius 2 is 2.14 bits per heavy atom. The molecule has 0 N–H and O–H groups in total. The number of imidazole rings is 2. The van der Waals surface area contributed by atoms with Crippen LogP contribution in [0.25, 0.3) is 4.96 Å². The molecular weight excluding hydrogens is 296 g/mol. The molecule has 0 atom stereocenters. The summed E-state index contributed by atoms with van der Waals surface area (Å²) < 4.78 is 4.22. The summed E-state index contributed by atoms with van der Waals surface area (Å²) in [7, 11) is 2.18. The quantitative estimate of drug-likeness (QED) is 0.728. The molecule has 7 heteroatoms. The van der Waals surface area contributed by atoms with E-state index in [9.17, 15) is 0 Å². The van der Waals surface area contributed by atoms with Crippen LogP contribution in [0.5, 0.6) is 0 Å². The van der Waals surface area contributed by atoms with E-state index in [1.165, 1.54) is 30.1 Å². The summed E-state index contributed by atoms with van der Waals surface area (Å²) in [6, 6.07) is 0. The molecule has 3 aromatic rings. The Balaban J connectivity index is 1.48. The molecule has 0 saturated heterocycles. The zero-order valence-electron chi connectivity index (χ0n) is 12.8. The van der Waals surface area contributed by atoms with Crippen molar-refractivity contribution in [3.05, 3.63) is 29.1 Å². The topological polar surface area (TPSA) is 51.2 Å². The molecule has 1 aliphatic carbocycles. The van der Waals surface area contributed by atoms with Gasteiger partial charge in [-0.2, -0.15) is 0 Å². The van der Waals surface area contributed by atoms with E-state index >= 15 is 0 Å². The average molecular weight is 314 g/mol. The maximum Gasteiger partial charge on any atom is 0.214 e. The molecule has 0 spiro atoms. The molecule has 2 aliphatic rings. The van der Waals surface area contributed by atoms with Crippen molar-refractivity contribution in [3.63, 3.8) is 0 Å². The second-order valence-electron chi connectivity index (χ2n) is 6.36. The van der Waals surface area contributed by atoms with Crippen LogP contribution < -0.4 is 4.90 Å². The molecule has 0 unspecified atom stereocenters. The first-order valence-electron chi connectivity index (χ1n) is 7.81. The van der Waals surface area contributed by atoms with Gasteiger partial charge in [0.15, 0.2) is 0 Å². The van der Waals surface area contributed by atoms with Gasteiger partial charge in [0.05, 0.1) is 24.1 Å². The number of anilines is 1. The summed E-state index contributed by atoms with van der Waals surface area (Å²) >= 11 is 1.66. The molecule has 1 fully saturated rings. The SMILES string of the molecule is Cc1cn2nc(N3CCc4c(nc(C5CC5)n4C)C3)sc2n1. The third-order valence-corrected chi connectivity index (χ3v) is 5.64. The van der Waals surface area contributed by atoms with Gasteiger partial charge >= 0.3 is 0 Å². The largest absolute Gasteiger partial charge is 0.340 e. The summed E-state index contributed by atoms with van der Waals surface area (Å²) in [6.07, 6.45) is 5.64. The van der Waals surface area contributed by atoms with Crippen molar-refractivity contribution in [1.82, 2.24) is 24.1 Å². The normalized spacial score (nSPS) is 18.2. The van der Waals surface area contributed by atoms with Gasteiger partial charge in [-0.15, -0.1) is 5.10 Å². The van der Waals surface area contributed by atoms with Crippen molar-refractivity contribution < 1.29 is 0 Å². The van der Waals surface area contributed by atoms with Crippen LogP contribution in [-0.4, -0.2) is 30.7 Å². The fraction of sp³-hybridized carbons (Fsp3) is 0.533. The molecule has 1 saturated carbocycles. The van der Waals surface area contributed by atoms with Crippen molar-refractivity contribution in [3.8, 4) is 0 Å². The smallest absolute Gasteiger partial charge is 0.214 e. The third kappa shape index (κ3) is 1.81. The molecule has 22 heavy (non-hydrogen) atoms. The molecule has 3 aromatic heterocycles. The lowest BCUT2D eigenvalue weighted by molar-refractivity contribution is 0.671. The molecule has 0 bridgehead atoms. The van der Waals surface area contributed by atoms with Crippen LogP contribution in [0.3, 0.4) is 0 Å². The Morgan fingerprint density at radius 1 is 1.27 bits per heavy atom. The number of nitrogens with zero attached hydrogens (tertiary/aromatic N) is 6. The Morgan fingerprint density at radius 3 is 2.91 bits per heavy atom. The lowest BCUT2D eigenvalue weighted by atomic mass is 10.1. The van der Waals surface area contributed by atoms with E-state index in [1.54, 1.807) is 11.3 Å². The van der Waals surface area contributed by atoms with Gasteiger partial charge in [0.2, 0.25) is 10.1 Å². The minimum atomic E-state index is 0.704. The highest BCUT2D eigenvalue weighted by Gasteiger charge is 2.32. The summed E-state index contributed by atoms with van der Waals surface area (Å²) in [5.74, 6) is 1.99. The van der Waals surface area contributed by atoms with Gasteiger partial charge in [0.25, 0.3) is 0 Å². The standard InChI is InChI=1S/C15H18N6S/c1-9-7-21-14(16-9)22-15(18-21)20-6-5-12-11(8-20)17-13(19(12)2)10-3-4-10/h7,10H,3-6,8H2,1-2H3. The minimum absolute atomic E-state index is 0.704. The van der Waals surface area contributed by atoms with Crippen LogP contribution in [0.2, 0.25) is 0 Å². The first-order chi connectivity index (χ1) is 10.7. The van der Waals surface area contributed by atoms with Crippen molar-refractivity contribution >= 4 is 21.4 Å². The molecule has 0 aromatic carbocycles. The molecule has 114 valence electrons. The van der Waals surface area contributed by atoms with Gasteiger partial charge in [-0.25, -0.2) is 14.5 Å². The predicted molar refractivity (Wildman–Crippen MR) is 85.5 cm³/mol. The second-order valence-corrected chi connectivity index (χ2v) is 7.30. The lowest BCUT2D eigenvalue weighted by Gasteiger charge is -2.25. The van der Waals surface area contributed by atoms with E-state index in [2.05, 4.69) is 26.6 Å². The molecule has 6 nitrogen and oxygen atoms in total. The minimum Gasteiger partial charge on any atom is -0.340 e. The number of fused-ring (bicyclic) bond motifs is 2. The predicted octanol–water partition coefficient (Wildman–Crippen LogP) is 2.27. The van der Waals surface area contributed by atoms with Crippen LogP contribution in [0, 0.1) is 6.92 Å². The molecule has 4 heterocycles. The Hall–Kier alpha value is -1.89. The third-order valence-electron chi connectivity index (χ3n) is 4.66. The van der Waals surface area contributed by atoms with Gasteiger partial charge in [-0.3, -0.25) is 0 Å². The summed E-state index contributed by atoms with van der Waals surface area (Å²) in [5.41, 5.74) is 3.67. The van der Waals surface area contributed by atoms with Crippen LogP contribution in [0.15, 0.2) is 6.20 Å². The van der Waals surface area contributed by atoms with Gasteiger partial charge in [0.1, 0.15) is 5.82 Å². The van der Waals surface area contributed by atoms with Crippen molar-refractivity contribution in [2.45, 2.75) is 38.6 Å². The van der Waals surface area contributed by atoms with Crippen molar-refractivity contribution in [2.75, 3.05) is 11.4 Å². The van der Waals surface area contributed by atoms with E-state index in [1.807, 2.05) is 17.6 Å². The van der Waals surface area contributed by atoms with E-state index in [-0.39, 0.29) is 0 Å². The van der Waals surface area contributed by atoms with Crippen molar-refractivity contribution in [1.29, 1.82) is 0 Å². The van der Waals surface area contributed by atoms with Crippen LogP contribution in [0.1, 0.15) is 41.7 Å². The number of hydrogen-bond acceptors (Lipinski definition) is 5. The first-order valence-corrected chi connectivity index (χ1v) is 8.63. The molecule has 5 rings (SSSR count). The Labute approximate surface area is 132 Å². The van der Waals surface area contributed by atoms with Crippen LogP contribution >= 0.6 is 11.3 Å². The Kier molecular flexibility index (Phi) is 2.48. The highest BCUT2D eigenvalue weighted by Crippen LogP contribution is 2.40. The summed E-state index contributed by atoms with van der Waals surface area (Å²) in [4.78, 5) is 12.7. The molecule has 0 amide bonds. The van der Waals surface area contributed by atoms with E-state index in [0.29, 0.717) is 5.92 Å². The number of rotatable bonds is 2. The number of hydrogen-bond donors (Lipinski definition) is 0. The fourth-order valence-electron chi connectivity index (χ4n) is 3.35. The molecule has 0 radical (unpaired) electrons. The summed E-state index contributed by atoms with van der Waals surface area (Å²) in [5, 5.41) is 5.72. The fourth-order valence-corrected chi connectivity index (χ4v) is 4.30. The van der Waals surface area contributed by atoms with Gasteiger partial charge < -0.3 is 9.47 Å². The summed E-state index contributed by atoms with van der Waals surface area (Å²) in [6.45, 7) is 3.87. The maximum absolute atomic E-state index is 4.92. The average Bonchev–Trinajstić information content (AvgIpc) is 3.07. The number of aromatic nitrogens is 5. The zero-order valence-corrected chi connectivity index (χ0v) is 13.6. The van der Waals surface area contributed by atoms with E-state index in [0.717, 1.165) is 35.3 Å². The Bertz CT molecular complexity index is 837. The lowest BCUT2D eigenvalue weighted by Crippen LogP contribution is -2.31. The first kappa shape index (κ1) is 12.6. The van der Waals surface area contributed by atoms with Gasteiger partial charge in [0, 0.05) is 31.6 Å². The molecular formula is C15H18N6S. The van der Waals surface area contributed by atoms with E-state index < -0.39 is 0 Å². The van der Waals surface area contributed by atoms with Crippen LogP contribution in [-0.2, 0) is 20.0 Å². The highest BCUT2D eigenvalue weighted by molar-refractivity contribution is 7.20. The van der Waals surface area contributed by atoms with Gasteiger partial charge in [-0.05, 0) is 19.8 Å². The monoisotopic (exact) mass is 314 g/mol. The highest BCUT2D eigenvalue weighted by atomic mass is 32.1. The van der Waals surface area contributed by atoms with Crippen molar-refractivity contribution in [2.24, 2.45) is 7.05 Å².